The van der Waals surface area contributed by atoms with Gasteiger partial charge in [0.1, 0.15) is 11.6 Å². The minimum atomic E-state index is -0.845. The molecule has 0 fully saturated rings. The number of aliphatic hydroxyl groups is 1. The molecule has 2 atom stereocenters. The largest absolute Gasteiger partial charge is 0.388 e. The van der Waals surface area contributed by atoms with E-state index in [1.807, 2.05) is 6.92 Å². The van der Waals surface area contributed by atoms with Crippen LogP contribution in [0.15, 0.2) is 18.2 Å². The number of aliphatic hydroxyl groups excluding tert-OH is 1. The van der Waals surface area contributed by atoms with Crippen LogP contribution in [-0.4, -0.2) is 5.11 Å². The molecule has 0 spiro atoms. The van der Waals surface area contributed by atoms with Gasteiger partial charge in [0, 0.05) is 11.6 Å². The normalized spacial score (nSPS) is 14.8. The Balaban J connectivity index is 2.69. The molecular weight excluding hydrogens is 210 g/mol. The van der Waals surface area contributed by atoms with Gasteiger partial charge in [-0.3, -0.25) is 0 Å². The highest BCUT2D eigenvalue weighted by atomic mass is 19.1. The smallest absolute Gasteiger partial charge is 0.131 e. The third-order valence-corrected chi connectivity index (χ3v) is 2.73. The highest BCUT2D eigenvalue weighted by Crippen LogP contribution is 2.25. The first-order valence-electron chi connectivity index (χ1n) is 5.67. The fourth-order valence-electron chi connectivity index (χ4n) is 1.89. The zero-order valence-corrected chi connectivity index (χ0v) is 9.71. The van der Waals surface area contributed by atoms with E-state index in [1.54, 1.807) is 0 Å². The van der Waals surface area contributed by atoms with Gasteiger partial charge in [0.2, 0.25) is 0 Å². The Kier molecular flexibility index (Phi) is 4.87. The van der Waals surface area contributed by atoms with Crippen LogP contribution in [0.25, 0.3) is 0 Å². The topological polar surface area (TPSA) is 20.2 Å². The number of hydrogen-bond donors (Lipinski definition) is 1. The maximum absolute atomic E-state index is 13.3. The van der Waals surface area contributed by atoms with E-state index in [0.29, 0.717) is 12.3 Å². The lowest BCUT2D eigenvalue weighted by Crippen LogP contribution is -2.06. The Morgan fingerprint density at radius 3 is 2.56 bits per heavy atom. The van der Waals surface area contributed by atoms with Crippen LogP contribution in [0.2, 0.25) is 0 Å². The van der Waals surface area contributed by atoms with Crippen LogP contribution in [-0.2, 0) is 0 Å². The molecule has 0 saturated heterocycles. The number of rotatable bonds is 5. The molecule has 0 saturated carbocycles. The molecule has 90 valence electrons. The molecule has 16 heavy (non-hydrogen) atoms. The van der Waals surface area contributed by atoms with Gasteiger partial charge < -0.3 is 5.11 Å². The average molecular weight is 228 g/mol. The van der Waals surface area contributed by atoms with Gasteiger partial charge >= 0.3 is 0 Å². The summed E-state index contributed by atoms with van der Waals surface area (Å²) >= 11 is 0. The summed E-state index contributed by atoms with van der Waals surface area (Å²) in [6.45, 7) is 4.09. The molecule has 1 nitrogen and oxygen atoms in total. The summed E-state index contributed by atoms with van der Waals surface area (Å²) < 4.78 is 26.0. The molecule has 0 bridgehead atoms. The van der Waals surface area contributed by atoms with E-state index in [1.165, 1.54) is 12.1 Å². The lowest BCUT2D eigenvalue weighted by Gasteiger charge is -2.16. The molecule has 1 rings (SSSR count). The first kappa shape index (κ1) is 13.1. The summed E-state index contributed by atoms with van der Waals surface area (Å²) in [6, 6.07) is 3.29. The van der Waals surface area contributed by atoms with Crippen LogP contribution < -0.4 is 0 Å². The summed E-state index contributed by atoms with van der Waals surface area (Å²) in [6.07, 6.45) is 1.71. The van der Waals surface area contributed by atoms with E-state index in [4.69, 9.17) is 0 Å². The molecule has 1 aromatic carbocycles. The van der Waals surface area contributed by atoms with E-state index in [-0.39, 0.29) is 5.56 Å². The van der Waals surface area contributed by atoms with Crippen molar-refractivity contribution in [2.24, 2.45) is 5.92 Å². The van der Waals surface area contributed by atoms with Crippen LogP contribution in [0.3, 0.4) is 0 Å². The molecule has 1 N–H and O–H groups in total. The zero-order valence-electron chi connectivity index (χ0n) is 9.71. The van der Waals surface area contributed by atoms with Crippen LogP contribution >= 0.6 is 0 Å². The lowest BCUT2D eigenvalue weighted by atomic mass is 9.95. The Morgan fingerprint density at radius 2 is 2.00 bits per heavy atom. The van der Waals surface area contributed by atoms with Gasteiger partial charge in [0.15, 0.2) is 0 Å². The molecule has 0 heterocycles. The third kappa shape index (κ3) is 3.56. The molecule has 0 amide bonds. The summed E-state index contributed by atoms with van der Waals surface area (Å²) in [5.74, 6) is -0.948. The van der Waals surface area contributed by atoms with Crippen molar-refractivity contribution in [3.63, 3.8) is 0 Å². The van der Waals surface area contributed by atoms with Crippen molar-refractivity contribution in [3.8, 4) is 0 Å². The minimum Gasteiger partial charge on any atom is -0.388 e. The predicted molar refractivity (Wildman–Crippen MR) is 60.0 cm³/mol. The molecular formula is C13H18F2O. The lowest BCUT2D eigenvalue weighted by molar-refractivity contribution is 0.141. The molecule has 0 aliphatic heterocycles. The van der Waals surface area contributed by atoms with Crippen molar-refractivity contribution in [1.29, 1.82) is 0 Å². The SMILES string of the molecule is CCCC(C)CC(O)c1ccc(F)cc1F. The Bertz CT molecular complexity index is 339. The fraction of sp³-hybridized carbons (Fsp3) is 0.538. The van der Waals surface area contributed by atoms with Crippen molar-refractivity contribution in [3.05, 3.63) is 35.4 Å². The quantitative estimate of drug-likeness (QED) is 0.812. The van der Waals surface area contributed by atoms with Crippen molar-refractivity contribution in [2.45, 2.75) is 39.2 Å². The third-order valence-electron chi connectivity index (χ3n) is 2.73. The number of hydrogen-bond acceptors (Lipinski definition) is 1. The average Bonchev–Trinajstić information content (AvgIpc) is 2.17. The molecule has 1 aromatic rings. The van der Waals surface area contributed by atoms with Crippen LogP contribution in [0, 0.1) is 17.6 Å². The first-order valence-corrected chi connectivity index (χ1v) is 5.67. The summed E-state index contributed by atoms with van der Waals surface area (Å²) in [4.78, 5) is 0. The van der Waals surface area contributed by atoms with E-state index in [9.17, 15) is 13.9 Å². The Hall–Kier alpha value is -0.960. The standard InChI is InChI=1S/C13H18F2O/c1-3-4-9(2)7-13(16)11-6-5-10(14)8-12(11)15/h5-6,8-9,13,16H,3-4,7H2,1-2H3. The fourth-order valence-corrected chi connectivity index (χ4v) is 1.89. The highest BCUT2D eigenvalue weighted by molar-refractivity contribution is 5.20. The minimum absolute atomic E-state index is 0.185. The second-order valence-electron chi connectivity index (χ2n) is 4.31. The van der Waals surface area contributed by atoms with E-state index >= 15 is 0 Å². The molecule has 0 aromatic heterocycles. The Morgan fingerprint density at radius 1 is 1.31 bits per heavy atom. The first-order chi connectivity index (χ1) is 7.54. The van der Waals surface area contributed by atoms with Gasteiger partial charge in [-0.15, -0.1) is 0 Å². The van der Waals surface area contributed by atoms with Crippen molar-refractivity contribution in [2.75, 3.05) is 0 Å². The molecule has 0 radical (unpaired) electrons. The monoisotopic (exact) mass is 228 g/mol. The van der Waals surface area contributed by atoms with Crippen molar-refractivity contribution >= 4 is 0 Å². The molecule has 2 unspecified atom stereocenters. The van der Waals surface area contributed by atoms with Crippen molar-refractivity contribution < 1.29 is 13.9 Å². The molecule has 0 aliphatic carbocycles. The van der Waals surface area contributed by atoms with E-state index in [2.05, 4.69) is 6.92 Å². The van der Waals surface area contributed by atoms with Gasteiger partial charge in [-0.05, 0) is 18.4 Å². The van der Waals surface area contributed by atoms with Gasteiger partial charge in [-0.1, -0.05) is 32.8 Å². The van der Waals surface area contributed by atoms with Gasteiger partial charge in [-0.25, -0.2) is 8.78 Å². The molecule has 0 aliphatic rings. The summed E-state index contributed by atoms with van der Waals surface area (Å²) in [7, 11) is 0. The predicted octanol–water partition coefficient (Wildman–Crippen LogP) is 3.82. The second kappa shape index (κ2) is 5.94. The summed E-state index contributed by atoms with van der Waals surface area (Å²) in [5.41, 5.74) is 0.185. The maximum Gasteiger partial charge on any atom is 0.131 e. The maximum atomic E-state index is 13.3. The van der Waals surface area contributed by atoms with Crippen molar-refractivity contribution in [1.82, 2.24) is 0 Å². The van der Waals surface area contributed by atoms with E-state index < -0.39 is 17.7 Å². The van der Waals surface area contributed by atoms with E-state index in [0.717, 1.165) is 18.9 Å². The number of halogens is 2. The van der Waals surface area contributed by atoms with Gasteiger partial charge in [0.05, 0.1) is 6.10 Å². The zero-order chi connectivity index (χ0) is 12.1. The van der Waals surface area contributed by atoms with Gasteiger partial charge in [-0.2, -0.15) is 0 Å². The van der Waals surface area contributed by atoms with Crippen LogP contribution in [0.5, 0.6) is 0 Å². The summed E-state index contributed by atoms with van der Waals surface area (Å²) in [5, 5.41) is 9.83. The van der Waals surface area contributed by atoms with Crippen LogP contribution in [0.1, 0.15) is 44.8 Å². The molecule has 3 heteroatoms. The highest BCUT2D eigenvalue weighted by Gasteiger charge is 2.16. The second-order valence-corrected chi connectivity index (χ2v) is 4.31. The Labute approximate surface area is 95.1 Å². The van der Waals surface area contributed by atoms with Gasteiger partial charge in [0.25, 0.3) is 0 Å². The number of benzene rings is 1. The van der Waals surface area contributed by atoms with Crippen LogP contribution in [0.4, 0.5) is 8.78 Å².